The number of thiophene rings is 1. The SMILES string of the molecule is c1ccc2c(c1)Cc1c-2cc(C2=NC(c3cccc4c3sc3ccccc34)NC(c3cccc4ccccc34)=N2)cc1-n1c2ccccc2c2cc3ccccc3cc21. The third kappa shape index (κ3) is 4.95. The van der Waals surface area contributed by atoms with Gasteiger partial charge in [0.1, 0.15) is 12.0 Å². The highest BCUT2D eigenvalue weighted by Gasteiger charge is 2.29. The number of nitrogens with zero attached hydrogens (tertiary/aromatic N) is 3. The Balaban J connectivity index is 1.10. The van der Waals surface area contributed by atoms with Gasteiger partial charge in [-0.3, -0.25) is 0 Å². The standard InChI is InChI=1S/C54H34N4S/c1-2-15-34-30-48-45(27-33(34)14-1)39-20-7-9-25-47(39)58(48)49-31-36(29-44-38-19-6-4-16-35(38)28-46(44)49)52-55-53(42-23-11-17-32-13-3-5-18-37(32)42)57-54(56-52)43-24-12-22-41-40-21-8-10-26-50(40)59-51(41)43/h1-27,29-31,54H,28H2,(H,55,56,57). The van der Waals surface area contributed by atoms with Gasteiger partial charge in [0.25, 0.3) is 0 Å². The second-order valence-electron chi connectivity index (χ2n) is 15.7. The summed E-state index contributed by atoms with van der Waals surface area (Å²) in [5.41, 5.74) is 11.9. The highest BCUT2D eigenvalue weighted by molar-refractivity contribution is 7.26. The van der Waals surface area contributed by atoms with E-state index in [-0.39, 0.29) is 6.17 Å². The monoisotopic (exact) mass is 770 g/mol. The Morgan fingerprint density at radius 3 is 2.14 bits per heavy atom. The van der Waals surface area contributed by atoms with Gasteiger partial charge in [-0.1, -0.05) is 146 Å². The summed E-state index contributed by atoms with van der Waals surface area (Å²) in [7, 11) is 0. The van der Waals surface area contributed by atoms with E-state index in [4.69, 9.17) is 9.98 Å². The molecular formula is C54H34N4S. The molecule has 0 radical (unpaired) electrons. The number of fused-ring (bicyclic) bond motifs is 11. The van der Waals surface area contributed by atoms with Crippen LogP contribution in [0, 0.1) is 0 Å². The predicted octanol–water partition coefficient (Wildman–Crippen LogP) is 13.5. The molecular weight excluding hydrogens is 737 g/mol. The molecule has 3 heterocycles. The Kier molecular flexibility index (Phi) is 6.97. The first kappa shape index (κ1) is 32.7. The molecule has 9 aromatic carbocycles. The lowest BCUT2D eigenvalue weighted by Gasteiger charge is -2.25. The minimum absolute atomic E-state index is 0.364. The number of hydrogen-bond donors (Lipinski definition) is 1. The zero-order chi connectivity index (χ0) is 38.6. The molecule has 1 unspecified atom stereocenters. The molecule has 1 atom stereocenters. The lowest BCUT2D eigenvalue weighted by molar-refractivity contribution is 0.681. The van der Waals surface area contributed by atoms with E-state index in [9.17, 15) is 0 Å². The van der Waals surface area contributed by atoms with Gasteiger partial charge < -0.3 is 9.88 Å². The van der Waals surface area contributed by atoms with Crippen LogP contribution in [-0.4, -0.2) is 16.2 Å². The van der Waals surface area contributed by atoms with Crippen molar-refractivity contribution >= 4 is 86.5 Å². The van der Waals surface area contributed by atoms with Crippen LogP contribution in [0.1, 0.15) is 34.0 Å². The van der Waals surface area contributed by atoms with Gasteiger partial charge in [0.05, 0.1) is 16.7 Å². The fourth-order valence-corrected chi connectivity index (χ4v) is 11.0. The van der Waals surface area contributed by atoms with Crippen molar-refractivity contribution in [2.45, 2.75) is 12.6 Å². The van der Waals surface area contributed by atoms with Crippen LogP contribution in [0.25, 0.3) is 80.3 Å². The molecule has 0 spiro atoms. The highest BCUT2D eigenvalue weighted by atomic mass is 32.1. The third-order valence-corrected chi connectivity index (χ3v) is 13.7. The Morgan fingerprint density at radius 2 is 1.22 bits per heavy atom. The number of hydrogen-bond acceptors (Lipinski definition) is 4. The van der Waals surface area contributed by atoms with Crippen molar-refractivity contribution < 1.29 is 0 Å². The van der Waals surface area contributed by atoms with E-state index in [2.05, 4.69) is 192 Å². The van der Waals surface area contributed by atoms with Gasteiger partial charge >= 0.3 is 0 Å². The van der Waals surface area contributed by atoms with Crippen LogP contribution in [-0.2, 0) is 6.42 Å². The van der Waals surface area contributed by atoms with Crippen LogP contribution >= 0.6 is 11.3 Å². The minimum atomic E-state index is -0.364. The molecule has 0 saturated heterocycles. The molecule has 0 saturated carbocycles. The average molecular weight is 771 g/mol. The summed E-state index contributed by atoms with van der Waals surface area (Å²) in [5.74, 6) is 1.54. The first-order chi connectivity index (χ1) is 29.2. The fourth-order valence-electron chi connectivity index (χ4n) is 9.75. The summed E-state index contributed by atoms with van der Waals surface area (Å²) >= 11 is 1.84. The second kappa shape index (κ2) is 12.6. The first-order valence-electron chi connectivity index (χ1n) is 20.2. The quantitative estimate of drug-likeness (QED) is 0.190. The maximum Gasteiger partial charge on any atom is 0.159 e. The number of aliphatic imine (C=N–C) groups is 2. The van der Waals surface area contributed by atoms with E-state index in [0.29, 0.717) is 0 Å². The van der Waals surface area contributed by atoms with E-state index in [1.165, 1.54) is 86.1 Å². The van der Waals surface area contributed by atoms with Crippen LogP contribution in [0.3, 0.4) is 0 Å². The third-order valence-electron chi connectivity index (χ3n) is 12.5. The number of nitrogens with one attached hydrogen (secondary N) is 1. The Labute approximate surface area is 344 Å². The van der Waals surface area contributed by atoms with Crippen LogP contribution < -0.4 is 5.32 Å². The van der Waals surface area contributed by atoms with E-state index in [0.717, 1.165) is 40.2 Å². The largest absolute Gasteiger partial charge is 0.344 e. The van der Waals surface area contributed by atoms with Crippen molar-refractivity contribution in [1.29, 1.82) is 0 Å². The van der Waals surface area contributed by atoms with Crippen molar-refractivity contribution in [2.75, 3.05) is 0 Å². The minimum Gasteiger partial charge on any atom is -0.344 e. The highest BCUT2D eigenvalue weighted by Crippen LogP contribution is 2.45. The van der Waals surface area contributed by atoms with Crippen molar-refractivity contribution in [3.63, 3.8) is 0 Å². The Bertz CT molecular complexity index is 3640. The molecule has 1 N–H and O–H groups in total. The molecule has 2 aliphatic rings. The molecule has 1 aliphatic heterocycles. The van der Waals surface area contributed by atoms with Crippen LogP contribution in [0.5, 0.6) is 0 Å². The number of rotatable bonds is 4. The van der Waals surface area contributed by atoms with E-state index >= 15 is 0 Å². The number of amidine groups is 2. The molecule has 0 fully saturated rings. The summed E-state index contributed by atoms with van der Waals surface area (Å²) in [6.07, 6.45) is 0.495. The van der Waals surface area contributed by atoms with Gasteiger partial charge in [-0.25, -0.2) is 9.98 Å². The molecule has 5 heteroatoms. The molecule has 276 valence electrons. The summed E-state index contributed by atoms with van der Waals surface area (Å²) in [4.78, 5) is 11.1. The summed E-state index contributed by atoms with van der Waals surface area (Å²) in [6, 6.07) is 66.2. The first-order valence-corrected chi connectivity index (χ1v) is 21.0. The Morgan fingerprint density at radius 1 is 0.525 bits per heavy atom. The maximum absolute atomic E-state index is 5.58. The van der Waals surface area contributed by atoms with Crippen LogP contribution in [0.2, 0.25) is 0 Å². The zero-order valence-corrected chi connectivity index (χ0v) is 32.7. The molecule has 2 aromatic heterocycles. The summed E-state index contributed by atoms with van der Waals surface area (Å²) in [6.45, 7) is 0. The van der Waals surface area contributed by atoms with Gasteiger partial charge in [-0.2, -0.15) is 0 Å². The van der Waals surface area contributed by atoms with Gasteiger partial charge in [-0.15, -0.1) is 11.3 Å². The topological polar surface area (TPSA) is 41.7 Å². The van der Waals surface area contributed by atoms with E-state index in [1.807, 2.05) is 11.3 Å². The van der Waals surface area contributed by atoms with Crippen LogP contribution in [0.4, 0.5) is 0 Å². The summed E-state index contributed by atoms with van der Waals surface area (Å²) < 4.78 is 5.02. The Hall–Kier alpha value is -7.34. The average Bonchev–Trinajstić information content (AvgIpc) is 3.97. The van der Waals surface area contributed by atoms with E-state index < -0.39 is 0 Å². The van der Waals surface area contributed by atoms with Crippen molar-refractivity contribution in [2.24, 2.45) is 9.98 Å². The lowest BCUT2D eigenvalue weighted by atomic mass is 9.99. The van der Waals surface area contributed by atoms with Gasteiger partial charge in [0.2, 0.25) is 0 Å². The fraction of sp³-hybridized carbons (Fsp3) is 0.0370. The van der Waals surface area contributed by atoms with Gasteiger partial charge in [0.15, 0.2) is 5.84 Å². The predicted molar refractivity (Wildman–Crippen MR) is 249 cm³/mol. The molecule has 0 bridgehead atoms. The molecule has 4 nitrogen and oxygen atoms in total. The lowest BCUT2D eigenvalue weighted by Crippen LogP contribution is -2.33. The van der Waals surface area contributed by atoms with Gasteiger partial charge in [-0.05, 0) is 80.2 Å². The second-order valence-corrected chi connectivity index (χ2v) is 16.8. The molecule has 59 heavy (non-hydrogen) atoms. The normalized spacial score (nSPS) is 14.9. The zero-order valence-electron chi connectivity index (χ0n) is 31.9. The smallest absolute Gasteiger partial charge is 0.159 e. The number of para-hydroxylation sites is 1. The molecule has 0 amide bonds. The molecule has 1 aliphatic carbocycles. The van der Waals surface area contributed by atoms with Crippen molar-refractivity contribution in [3.8, 4) is 16.8 Å². The molecule has 13 rings (SSSR count). The van der Waals surface area contributed by atoms with E-state index in [1.54, 1.807) is 0 Å². The van der Waals surface area contributed by atoms with Crippen molar-refractivity contribution in [1.82, 2.24) is 9.88 Å². The molecule has 11 aromatic rings. The maximum atomic E-state index is 5.58. The van der Waals surface area contributed by atoms with Crippen molar-refractivity contribution in [3.05, 3.63) is 210 Å². The van der Waals surface area contributed by atoms with Crippen LogP contribution in [0.15, 0.2) is 192 Å². The summed E-state index contributed by atoms with van der Waals surface area (Å²) in [5, 5.41) is 13.7. The number of aromatic nitrogens is 1. The number of benzene rings is 9. The van der Waals surface area contributed by atoms with Gasteiger partial charge in [0, 0.05) is 54.1 Å².